The van der Waals surface area contributed by atoms with E-state index in [1.165, 1.54) is 6.07 Å². The first-order valence-corrected chi connectivity index (χ1v) is 8.83. The second kappa shape index (κ2) is 8.30. The first-order valence-electron chi connectivity index (χ1n) is 7.84. The fraction of sp³-hybridized carbons (Fsp3) is 0.105. The van der Waals surface area contributed by atoms with Crippen LogP contribution in [0.15, 0.2) is 76.4 Å². The lowest BCUT2D eigenvalue weighted by molar-refractivity contribution is -0.115. The molecule has 0 fully saturated rings. The average Bonchev–Trinajstić information content (AvgIpc) is 2.63. The third kappa shape index (κ3) is 5.06. The normalized spacial score (nSPS) is 10.4. The second-order valence-electron chi connectivity index (χ2n) is 5.35. The topological polar surface area (TPSA) is 74.8 Å². The Morgan fingerprint density at radius 1 is 1.04 bits per heavy atom. The van der Waals surface area contributed by atoms with E-state index in [1.807, 2.05) is 54.6 Å². The van der Waals surface area contributed by atoms with Crippen LogP contribution in [0.25, 0.3) is 11.3 Å². The highest BCUT2D eigenvalue weighted by Crippen LogP contribution is 2.21. The Morgan fingerprint density at radius 2 is 1.88 bits per heavy atom. The molecular formula is C19H17N3O2S. The quantitative estimate of drug-likeness (QED) is 0.666. The van der Waals surface area contributed by atoms with Gasteiger partial charge in [-0.25, -0.2) is 5.10 Å². The van der Waals surface area contributed by atoms with Crippen LogP contribution < -0.4 is 10.9 Å². The van der Waals surface area contributed by atoms with E-state index in [1.54, 1.807) is 17.8 Å². The zero-order valence-corrected chi connectivity index (χ0v) is 14.3. The van der Waals surface area contributed by atoms with Crippen LogP contribution in [0.2, 0.25) is 0 Å². The number of anilines is 1. The maximum atomic E-state index is 12.1. The van der Waals surface area contributed by atoms with Gasteiger partial charge in [0, 0.05) is 34.4 Å². The fourth-order valence-corrected chi connectivity index (χ4v) is 3.14. The molecule has 3 rings (SSSR count). The minimum absolute atomic E-state index is 0.0324. The maximum Gasteiger partial charge on any atom is 0.264 e. The lowest BCUT2D eigenvalue weighted by atomic mass is 10.1. The molecule has 1 heterocycles. The first-order chi connectivity index (χ1) is 12.2. The van der Waals surface area contributed by atoms with Gasteiger partial charge >= 0.3 is 0 Å². The number of aromatic nitrogens is 2. The van der Waals surface area contributed by atoms with Crippen LogP contribution >= 0.6 is 11.8 Å². The number of aromatic amines is 1. The molecule has 0 unspecified atom stereocenters. The van der Waals surface area contributed by atoms with Crippen molar-refractivity contribution in [3.05, 3.63) is 77.1 Å². The molecule has 25 heavy (non-hydrogen) atoms. The number of H-pyrrole nitrogens is 1. The SMILES string of the molecule is O=C(CCSc1ccccc1)Nc1cccc(-c2ccc(=O)[nH]n2)c1. The highest BCUT2D eigenvalue weighted by molar-refractivity contribution is 7.99. The Kier molecular flexibility index (Phi) is 5.64. The zero-order valence-electron chi connectivity index (χ0n) is 13.4. The minimum Gasteiger partial charge on any atom is -0.326 e. The number of hydrogen-bond donors (Lipinski definition) is 2. The van der Waals surface area contributed by atoms with Gasteiger partial charge in [0.05, 0.1) is 5.69 Å². The van der Waals surface area contributed by atoms with Crippen LogP contribution in [0, 0.1) is 0 Å². The van der Waals surface area contributed by atoms with Gasteiger partial charge in [0.15, 0.2) is 0 Å². The van der Waals surface area contributed by atoms with Crippen molar-refractivity contribution in [2.24, 2.45) is 0 Å². The van der Waals surface area contributed by atoms with Gasteiger partial charge in [0.2, 0.25) is 5.91 Å². The van der Waals surface area contributed by atoms with Crippen LogP contribution in [0.1, 0.15) is 6.42 Å². The van der Waals surface area contributed by atoms with Gasteiger partial charge in [0.1, 0.15) is 0 Å². The molecule has 0 aliphatic rings. The largest absolute Gasteiger partial charge is 0.326 e. The van der Waals surface area contributed by atoms with Crippen molar-refractivity contribution in [3.8, 4) is 11.3 Å². The van der Waals surface area contributed by atoms with Crippen LogP contribution in [0.4, 0.5) is 5.69 Å². The van der Waals surface area contributed by atoms with Gasteiger partial charge in [-0.2, -0.15) is 5.10 Å². The molecule has 5 nitrogen and oxygen atoms in total. The summed E-state index contributed by atoms with van der Waals surface area (Å²) in [5, 5.41) is 9.30. The molecule has 2 N–H and O–H groups in total. The highest BCUT2D eigenvalue weighted by Gasteiger charge is 2.05. The molecule has 1 aromatic heterocycles. The number of nitrogens with one attached hydrogen (secondary N) is 2. The number of hydrogen-bond acceptors (Lipinski definition) is 4. The molecule has 0 aliphatic heterocycles. The molecule has 0 saturated carbocycles. The first kappa shape index (κ1) is 17.0. The summed E-state index contributed by atoms with van der Waals surface area (Å²) in [7, 11) is 0. The molecule has 2 aromatic carbocycles. The Morgan fingerprint density at radius 3 is 2.64 bits per heavy atom. The van der Waals surface area contributed by atoms with Crippen molar-refractivity contribution in [2.75, 3.05) is 11.1 Å². The lowest BCUT2D eigenvalue weighted by Crippen LogP contribution is -2.12. The third-order valence-corrected chi connectivity index (χ3v) is 4.48. The summed E-state index contributed by atoms with van der Waals surface area (Å²) in [4.78, 5) is 24.4. The predicted octanol–water partition coefficient (Wildman–Crippen LogP) is 3.56. The third-order valence-electron chi connectivity index (χ3n) is 3.46. The summed E-state index contributed by atoms with van der Waals surface area (Å²) in [6, 6.07) is 20.5. The molecule has 0 saturated heterocycles. The number of carbonyl (C=O) groups is 1. The van der Waals surface area contributed by atoms with E-state index >= 15 is 0 Å². The van der Waals surface area contributed by atoms with Crippen LogP contribution in [-0.4, -0.2) is 21.9 Å². The maximum absolute atomic E-state index is 12.1. The van der Waals surface area contributed by atoms with Crippen molar-refractivity contribution in [1.82, 2.24) is 10.2 Å². The van der Waals surface area contributed by atoms with Gasteiger partial charge in [-0.05, 0) is 30.3 Å². The van der Waals surface area contributed by atoms with E-state index in [-0.39, 0.29) is 11.5 Å². The Bertz CT molecular complexity index is 889. The average molecular weight is 351 g/mol. The van der Waals surface area contributed by atoms with E-state index in [2.05, 4.69) is 15.5 Å². The molecule has 0 atom stereocenters. The van der Waals surface area contributed by atoms with Crippen molar-refractivity contribution < 1.29 is 4.79 Å². The number of benzene rings is 2. The summed E-state index contributed by atoms with van der Waals surface area (Å²) in [5.74, 6) is 0.687. The summed E-state index contributed by atoms with van der Waals surface area (Å²) in [5.41, 5.74) is 1.94. The van der Waals surface area contributed by atoms with E-state index in [0.29, 0.717) is 17.8 Å². The molecule has 0 bridgehead atoms. The number of amides is 1. The zero-order chi connectivity index (χ0) is 17.5. The number of rotatable bonds is 6. The van der Waals surface area contributed by atoms with E-state index < -0.39 is 0 Å². The molecule has 3 aromatic rings. The molecule has 126 valence electrons. The van der Waals surface area contributed by atoms with Crippen LogP contribution in [0.5, 0.6) is 0 Å². The van der Waals surface area contributed by atoms with Crippen molar-refractivity contribution >= 4 is 23.4 Å². The van der Waals surface area contributed by atoms with E-state index in [0.717, 1.165) is 16.2 Å². The standard InChI is InChI=1S/C19H17N3O2S/c23-18(11-12-25-16-7-2-1-3-8-16)20-15-6-4-5-14(13-15)17-9-10-19(24)22-21-17/h1-10,13H,11-12H2,(H,20,23)(H,22,24). The Balaban J connectivity index is 1.57. The smallest absolute Gasteiger partial charge is 0.264 e. The van der Waals surface area contributed by atoms with E-state index in [9.17, 15) is 9.59 Å². The van der Waals surface area contributed by atoms with Crippen molar-refractivity contribution in [2.45, 2.75) is 11.3 Å². The van der Waals surface area contributed by atoms with E-state index in [4.69, 9.17) is 0 Å². The van der Waals surface area contributed by atoms with Gasteiger partial charge in [-0.1, -0.05) is 30.3 Å². The lowest BCUT2D eigenvalue weighted by Gasteiger charge is -2.07. The molecule has 6 heteroatoms. The number of carbonyl (C=O) groups excluding carboxylic acids is 1. The Labute approximate surface area is 149 Å². The molecule has 0 spiro atoms. The monoisotopic (exact) mass is 351 g/mol. The van der Waals surface area contributed by atoms with Gasteiger partial charge in [0.25, 0.3) is 5.56 Å². The van der Waals surface area contributed by atoms with Gasteiger partial charge in [-0.15, -0.1) is 11.8 Å². The highest BCUT2D eigenvalue weighted by atomic mass is 32.2. The Hall–Kier alpha value is -2.86. The van der Waals surface area contributed by atoms with Crippen LogP contribution in [-0.2, 0) is 4.79 Å². The summed E-state index contributed by atoms with van der Waals surface area (Å²) in [6.07, 6.45) is 0.431. The fourth-order valence-electron chi connectivity index (χ4n) is 2.26. The summed E-state index contributed by atoms with van der Waals surface area (Å²) < 4.78 is 0. The molecule has 1 amide bonds. The van der Waals surface area contributed by atoms with Crippen LogP contribution in [0.3, 0.4) is 0 Å². The second-order valence-corrected chi connectivity index (χ2v) is 6.52. The number of thioether (sulfide) groups is 1. The van der Waals surface area contributed by atoms with Gasteiger partial charge in [-0.3, -0.25) is 9.59 Å². The number of nitrogens with zero attached hydrogens (tertiary/aromatic N) is 1. The van der Waals surface area contributed by atoms with Gasteiger partial charge < -0.3 is 5.32 Å². The summed E-state index contributed by atoms with van der Waals surface area (Å²) >= 11 is 1.66. The van der Waals surface area contributed by atoms with Crippen molar-refractivity contribution in [1.29, 1.82) is 0 Å². The minimum atomic E-state index is -0.246. The van der Waals surface area contributed by atoms with Crippen molar-refractivity contribution in [3.63, 3.8) is 0 Å². The predicted molar refractivity (Wildman–Crippen MR) is 101 cm³/mol. The molecular weight excluding hydrogens is 334 g/mol. The molecule has 0 aliphatic carbocycles. The molecule has 0 radical (unpaired) electrons. The summed E-state index contributed by atoms with van der Waals surface area (Å²) in [6.45, 7) is 0.